The summed E-state index contributed by atoms with van der Waals surface area (Å²) in [7, 11) is 5.89. The zero-order valence-electron chi connectivity index (χ0n) is 13.5. The van der Waals surface area contributed by atoms with E-state index in [1.165, 1.54) is 12.5 Å². The molecule has 122 valence electrons. The van der Waals surface area contributed by atoms with Crippen LogP contribution >= 0.6 is 0 Å². The number of carbonyl (C=O) groups is 1. The van der Waals surface area contributed by atoms with Crippen LogP contribution in [-0.2, 0) is 11.2 Å². The van der Waals surface area contributed by atoms with Crippen molar-refractivity contribution in [3.8, 4) is 0 Å². The van der Waals surface area contributed by atoms with E-state index in [-0.39, 0.29) is 18.4 Å². The smallest absolute Gasteiger partial charge is 0.227 e. The van der Waals surface area contributed by atoms with Crippen molar-refractivity contribution in [1.82, 2.24) is 9.80 Å². The fourth-order valence-corrected chi connectivity index (χ4v) is 3.28. The molecule has 0 saturated heterocycles. The maximum Gasteiger partial charge on any atom is 0.227 e. The van der Waals surface area contributed by atoms with Gasteiger partial charge in [0.2, 0.25) is 5.91 Å². The minimum Gasteiger partial charge on any atom is -0.341 e. The molecule has 1 saturated carbocycles. The van der Waals surface area contributed by atoms with Gasteiger partial charge in [-0.25, -0.2) is 8.78 Å². The van der Waals surface area contributed by atoms with E-state index >= 15 is 0 Å². The normalized spacial score (nSPS) is 21.9. The molecule has 0 unspecified atom stereocenters. The van der Waals surface area contributed by atoms with Crippen LogP contribution in [0.5, 0.6) is 0 Å². The first-order valence-electron chi connectivity index (χ1n) is 7.76. The number of likely N-dealkylation sites (N-methyl/N-ethyl adjacent to an activating group) is 2. The van der Waals surface area contributed by atoms with Crippen LogP contribution in [0.15, 0.2) is 18.2 Å². The molecule has 3 nitrogen and oxygen atoms in total. The van der Waals surface area contributed by atoms with Gasteiger partial charge in [0.1, 0.15) is 0 Å². The number of benzene rings is 1. The van der Waals surface area contributed by atoms with E-state index in [2.05, 4.69) is 4.90 Å². The van der Waals surface area contributed by atoms with E-state index in [9.17, 15) is 13.6 Å². The molecule has 1 aromatic carbocycles. The molecule has 1 fully saturated rings. The van der Waals surface area contributed by atoms with Crippen LogP contribution in [0.1, 0.15) is 31.2 Å². The molecule has 2 atom stereocenters. The van der Waals surface area contributed by atoms with E-state index in [0.29, 0.717) is 11.6 Å². The third kappa shape index (κ3) is 3.83. The Hall–Kier alpha value is -1.49. The highest BCUT2D eigenvalue weighted by atomic mass is 19.2. The number of carbonyl (C=O) groups excluding carboxylic acids is 1. The van der Waals surface area contributed by atoms with E-state index in [1.54, 1.807) is 4.90 Å². The van der Waals surface area contributed by atoms with Crippen LogP contribution in [0.3, 0.4) is 0 Å². The van der Waals surface area contributed by atoms with Gasteiger partial charge in [0, 0.05) is 19.1 Å². The Kier molecular flexibility index (Phi) is 5.51. The Morgan fingerprint density at radius 2 is 1.73 bits per heavy atom. The molecule has 1 aromatic rings. The quantitative estimate of drug-likeness (QED) is 0.854. The lowest BCUT2D eigenvalue weighted by Gasteiger charge is -2.41. The lowest BCUT2D eigenvalue weighted by Crippen LogP contribution is -2.52. The molecule has 5 heteroatoms. The summed E-state index contributed by atoms with van der Waals surface area (Å²) in [5.41, 5.74) is 0.507. The maximum atomic E-state index is 13.2. The largest absolute Gasteiger partial charge is 0.341 e. The van der Waals surface area contributed by atoms with Gasteiger partial charge < -0.3 is 9.80 Å². The van der Waals surface area contributed by atoms with Crippen molar-refractivity contribution in [1.29, 1.82) is 0 Å². The summed E-state index contributed by atoms with van der Waals surface area (Å²) in [5, 5.41) is 0. The second-order valence-electron chi connectivity index (χ2n) is 6.31. The zero-order valence-corrected chi connectivity index (χ0v) is 13.5. The first-order chi connectivity index (χ1) is 10.4. The highest BCUT2D eigenvalue weighted by molar-refractivity contribution is 5.78. The second-order valence-corrected chi connectivity index (χ2v) is 6.31. The molecule has 2 rings (SSSR count). The zero-order chi connectivity index (χ0) is 16.3. The number of rotatable bonds is 4. The Morgan fingerprint density at radius 1 is 1.09 bits per heavy atom. The molecule has 0 heterocycles. The summed E-state index contributed by atoms with van der Waals surface area (Å²) in [5.74, 6) is -1.84. The van der Waals surface area contributed by atoms with Gasteiger partial charge >= 0.3 is 0 Å². The first kappa shape index (κ1) is 16.9. The maximum absolute atomic E-state index is 13.2. The fourth-order valence-electron chi connectivity index (χ4n) is 3.28. The third-order valence-electron chi connectivity index (χ3n) is 4.59. The van der Waals surface area contributed by atoms with Crippen molar-refractivity contribution in [2.45, 2.75) is 44.2 Å². The van der Waals surface area contributed by atoms with E-state index in [4.69, 9.17) is 0 Å². The number of hydrogen-bond acceptors (Lipinski definition) is 2. The summed E-state index contributed by atoms with van der Waals surface area (Å²) in [6, 6.07) is 4.18. The van der Waals surface area contributed by atoms with Gasteiger partial charge in [-0.15, -0.1) is 0 Å². The molecule has 0 N–H and O–H groups in total. The first-order valence-corrected chi connectivity index (χ1v) is 7.76. The van der Waals surface area contributed by atoms with Crippen LogP contribution in [0.4, 0.5) is 8.78 Å². The van der Waals surface area contributed by atoms with Gasteiger partial charge in [-0.2, -0.15) is 0 Å². The van der Waals surface area contributed by atoms with Crippen molar-refractivity contribution in [3.05, 3.63) is 35.4 Å². The van der Waals surface area contributed by atoms with Crippen LogP contribution in [0.25, 0.3) is 0 Å². The van der Waals surface area contributed by atoms with Crippen molar-refractivity contribution in [2.75, 3.05) is 21.1 Å². The Balaban J connectivity index is 2.05. The lowest BCUT2D eigenvalue weighted by atomic mass is 9.88. The Morgan fingerprint density at radius 3 is 2.32 bits per heavy atom. The highest BCUT2D eigenvalue weighted by Gasteiger charge is 2.31. The van der Waals surface area contributed by atoms with Gasteiger partial charge in [-0.1, -0.05) is 18.9 Å². The van der Waals surface area contributed by atoms with E-state index in [1.807, 2.05) is 21.1 Å². The standard InChI is InChI=1S/C17H24F2N2O/c1-20(2)15-6-4-5-7-16(15)21(3)17(22)11-12-8-9-13(18)14(19)10-12/h8-10,15-16H,4-7,11H2,1-3H3/t15-,16-/m1/s1. The van der Waals surface area contributed by atoms with E-state index in [0.717, 1.165) is 31.4 Å². The summed E-state index contributed by atoms with van der Waals surface area (Å²) in [6.45, 7) is 0. The third-order valence-corrected chi connectivity index (χ3v) is 4.59. The predicted molar refractivity (Wildman–Crippen MR) is 82.6 cm³/mol. The van der Waals surface area contributed by atoms with E-state index < -0.39 is 11.6 Å². The molecule has 0 aromatic heterocycles. The molecule has 0 spiro atoms. The van der Waals surface area contributed by atoms with Crippen molar-refractivity contribution >= 4 is 5.91 Å². The van der Waals surface area contributed by atoms with Gasteiger partial charge in [0.25, 0.3) is 0 Å². The number of nitrogens with zero attached hydrogens (tertiary/aromatic N) is 2. The average molecular weight is 310 g/mol. The van der Waals surface area contributed by atoms with Crippen LogP contribution < -0.4 is 0 Å². The predicted octanol–water partition coefficient (Wildman–Crippen LogP) is 2.84. The van der Waals surface area contributed by atoms with Gasteiger partial charge in [-0.3, -0.25) is 4.79 Å². The molecule has 0 radical (unpaired) electrons. The molecule has 1 aliphatic carbocycles. The number of halogens is 2. The topological polar surface area (TPSA) is 23.6 Å². The summed E-state index contributed by atoms with van der Waals surface area (Å²) in [4.78, 5) is 16.4. The van der Waals surface area contributed by atoms with Crippen molar-refractivity contribution in [3.63, 3.8) is 0 Å². The minimum atomic E-state index is -0.906. The number of hydrogen-bond donors (Lipinski definition) is 0. The van der Waals surface area contributed by atoms with Crippen LogP contribution in [0, 0.1) is 11.6 Å². The van der Waals surface area contributed by atoms with Gasteiger partial charge in [0.15, 0.2) is 11.6 Å². The van der Waals surface area contributed by atoms with Crippen molar-refractivity contribution < 1.29 is 13.6 Å². The minimum absolute atomic E-state index is 0.0511. The van der Waals surface area contributed by atoms with Gasteiger partial charge in [0.05, 0.1) is 6.42 Å². The second kappa shape index (κ2) is 7.18. The SMILES string of the molecule is CN(C)[C@@H]1CCCC[C@H]1N(C)C(=O)Cc1ccc(F)c(F)c1. The lowest BCUT2D eigenvalue weighted by molar-refractivity contribution is -0.133. The monoisotopic (exact) mass is 310 g/mol. The summed E-state index contributed by atoms with van der Waals surface area (Å²) < 4.78 is 26.2. The van der Waals surface area contributed by atoms with Crippen LogP contribution in [-0.4, -0.2) is 48.9 Å². The molecular formula is C17H24F2N2O. The van der Waals surface area contributed by atoms with Crippen molar-refractivity contribution in [2.24, 2.45) is 0 Å². The molecule has 22 heavy (non-hydrogen) atoms. The van der Waals surface area contributed by atoms with Crippen LogP contribution in [0.2, 0.25) is 0 Å². The Labute approximate surface area is 130 Å². The average Bonchev–Trinajstić information content (AvgIpc) is 2.50. The summed E-state index contributed by atoms with van der Waals surface area (Å²) in [6.07, 6.45) is 4.48. The Bertz CT molecular complexity index is 533. The number of amides is 1. The molecule has 0 bridgehead atoms. The fraction of sp³-hybridized carbons (Fsp3) is 0.588. The molecular weight excluding hydrogens is 286 g/mol. The molecule has 1 amide bonds. The highest BCUT2D eigenvalue weighted by Crippen LogP contribution is 2.26. The van der Waals surface area contributed by atoms with Gasteiger partial charge in [-0.05, 0) is 44.6 Å². The summed E-state index contributed by atoms with van der Waals surface area (Å²) >= 11 is 0. The molecule has 1 aliphatic rings. The molecule has 0 aliphatic heterocycles.